The van der Waals surface area contributed by atoms with Crippen LogP contribution >= 0.6 is 0 Å². The van der Waals surface area contributed by atoms with Gasteiger partial charge in [0, 0.05) is 0 Å². The second-order valence-electron chi connectivity index (χ2n) is 5.63. The number of aliphatic hydroxyl groups excluding tert-OH is 1. The van der Waals surface area contributed by atoms with Crippen molar-refractivity contribution in [3.63, 3.8) is 0 Å². The third-order valence-corrected chi connectivity index (χ3v) is 3.68. The molecule has 0 aliphatic carbocycles. The molecule has 5 heteroatoms. The normalized spacial score (nSPS) is 11.9. The highest BCUT2D eigenvalue weighted by Crippen LogP contribution is 2.12. The Bertz CT molecular complexity index is 498. The third kappa shape index (κ3) is 7.28. The molecule has 2 N–H and O–H groups in total. The van der Waals surface area contributed by atoms with E-state index >= 15 is 0 Å². The van der Waals surface area contributed by atoms with Crippen molar-refractivity contribution >= 4 is 11.9 Å². The lowest BCUT2D eigenvalue weighted by Gasteiger charge is -2.10. The highest BCUT2D eigenvalue weighted by molar-refractivity contribution is 6.02. The van der Waals surface area contributed by atoms with Gasteiger partial charge in [-0.25, -0.2) is 9.59 Å². The van der Waals surface area contributed by atoms with E-state index in [-0.39, 0.29) is 23.8 Å². The summed E-state index contributed by atoms with van der Waals surface area (Å²) in [5.74, 6) is -1.75. The lowest BCUT2D eigenvalue weighted by molar-refractivity contribution is 0.0485. The summed E-state index contributed by atoms with van der Waals surface area (Å²) in [6, 6.07) is 6.03. The highest BCUT2D eigenvalue weighted by atomic mass is 16.5. The number of esters is 1. The first-order valence-corrected chi connectivity index (χ1v) is 8.23. The molecule has 0 saturated heterocycles. The number of aromatic carboxylic acids is 1. The van der Waals surface area contributed by atoms with E-state index in [0.29, 0.717) is 6.42 Å². The molecule has 1 aromatic carbocycles. The number of carboxylic acid groups (broad SMARTS) is 1. The minimum absolute atomic E-state index is 0.0449. The van der Waals surface area contributed by atoms with Gasteiger partial charge in [-0.1, -0.05) is 38.3 Å². The van der Waals surface area contributed by atoms with Gasteiger partial charge >= 0.3 is 11.9 Å². The Hall–Kier alpha value is -1.88. The Labute approximate surface area is 137 Å². The van der Waals surface area contributed by atoms with Crippen LogP contribution in [0.15, 0.2) is 24.3 Å². The molecule has 0 radical (unpaired) electrons. The molecule has 0 aromatic heterocycles. The topological polar surface area (TPSA) is 83.8 Å². The van der Waals surface area contributed by atoms with E-state index in [0.717, 1.165) is 38.5 Å². The summed E-state index contributed by atoms with van der Waals surface area (Å²) in [7, 11) is 0. The molecule has 128 valence electrons. The minimum atomic E-state index is -1.14. The number of benzene rings is 1. The van der Waals surface area contributed by atoms with Gasteiger partial charge in [0.2, 0.25) is 0 Å². The van der Waals surface area contributed by atoms with E-state index in [1.165, 1.54) is 12.1 Å². The van der Waals surface area contributed by atoms with Crippen molar-refractivity contribution in [1.29, 1.82) is 0 Å². The van der Waals surface area contributed by atoms with Crippen molar-refractivity contribution in [2.24, 2.45) is 0 Å². The molecular formula is C18H26O5. The second kappa shape index (κ2) is 10.8. The van der Waals surface area contributed by atoms with Gasteiger partial charge in [-0.3, -0.25) is 0 Å². The fourth-order valence-corrected chi connectivity index (χ4v) is 2.33. The maximum absolute atomic E-state index is 11.9. The van der Waals surface area contributed by atoms with Gasteiger partial charge in [0.1, 0.15) is 0 Å². The standard InChI is InChI=1S/C18H26O5/c1-2-3-9-14(19)10-5-4-8-13-23-18(22)16-12-7-6-11-15(16)17(20)21/h6-7,11-12,14,19H,2-5,8-10,13H2,1H3,(H,20,21). The Morgan fingerprint density at radius 2 is 1.70 bits per heavy atom. The molecule has 1 unspecified atom stereocenters. The molecule has 1 aromatic rings. The van der Waals surface area contributed by atoms with E-state index in [2.05, 4.69) is 6.92 Å². The first-order chi connectivity index (χ1) is 11.1. The number of carboxylic acids is 1. The fourth-order valence-electron chi connectivity index (χ4n) is 2.33. The monoisotopic (exact) mass is 322 g/mol. The number of ether oxygens (including phenoxy) is 1. The van der Waals surface area contributed by atoms with Crippen molar-refractivity contribution in [3.8, 4) is 0 Å². The molecular weight excluding hydrogens is 296 g/mol. The Balaban J connectivity index is 2.24. The van der Waals surface area contributed by atoms with Crippen molar-refractivity contribution < 1.29 is 24.5 Å². The molecule has 0 spiro atoms. The fraction of sp³-hybridized carbons (Fsp3) is 0.556. The molecule has 1 atom stereocenters. The van der Waals surface area contributed by atoms with Crippen LogP contribution in [0.2, 0.25) is 0 Å². The zero-order valence-corrected chi connectivity index (χ0v) is 13.7. The number of aliphatic hydroxyl groups is 1. The Kier molecular flexibility index (Phi) is 8.98. The predicted molar refractivity (Wildman–Crippen MR) is 87.7 cm³/mol. The molecule has 0 amide bonds. The van der Waals surface area contributed by atoms with E-state index in [4.69, 9.17) is 9.84 Å². The van der Waals surface area contributed by atoms with Crippen LogP contribution in [0.1, 0.15) is 72.6 Å². The average Bonchev–Trinajstić information content (AvgIpc) is 2.55. The van der Waals surface area contributed by atoms with E-state index in [9.17, 15) is 14.7 Å². The van der Waals surface area contributed by atoms with Gasteiger partial charge in [-0.05, 0) is 37.8 Å². The summed E-state index contributed by atoms with van der Waals surface area (Å²) < 4.78 is 5.13. The van der Waals surface area contributed by atoms with Crippen LogP contribution in [0.5, 0.6) is 0 Å². The summed E-state index contributed by atoms with van der Waals surface area (Å²) in [5.41, 5.74) is 0.0338. The van der Waals surface area contributed by atoms with Gasteiger partial charge in [0.25, 0.3) is 0 Å². The molecule has 0 fully saturated rings. The zero-order chi connectivity index (χ0) is 17.1. The number of carbonyl (C=O) groups is 2. The average molecular weight is 322 g/mol. The number of hydrogen-bond acceptors (Lipinski definition) is 4. The lowest BCUT2D eigenvalue weighted by Crippen LogP contribution is -2.12. The van der Waals surface area contributed by atoms with E-state index in [1.807, 2.05) is 0 Å². The van der Waals surface area contributed by atoms with Crippen LogP contribution in [0.3, 0.4) is 0 Å². The summed E-state index contributed by atoms with van der Waals surface area (Å²) in [6.45, 7) is 2.36. The van der Waals surface area contributed by atoms with Crippen molar-refractivity contribution in [1.82, 2.24) is 0 Å². The molecule has 0 bridgehead atoms. The molecule has 0 heterocycles. The molecule has 0 aliphatic heterocycles. The van der Waals surface area contributed by atoms with Crippen LogP contribution in [0.4, 0.5) is 0 Å². The Morgan fingerprint density at radius 1 is 1.04 bits per heavy atom. The van der Waals surface area contributed by atoms with Gasteiger partial charge in [0.15, 0.2) is 0 Å². The number of rotatable bonds is 11. The van der Waals surface area contributed by atoms with Gasteiger partial charge < -0.3 is 14.9 Å². The molecule has 0 aliphatic rings. The van der Waals surface area contributed by atoms with Crippen molar-refractivity contribution in [3.05, 3.63) is 35.4 Å². The van der Waals surface area contributed by atoms with Crippen LogP contribution in [0.25, 0.3) is 0 Å². The first kappa shape index (κ1) is 19.2. The van der Waals surface area contributed by atoms with Crippen LogP contribution in [0, 0.1) is 0 Å². The van der Waals surface area contributed by atoms with Gasteiger partial charge in [0.05, 0.1) is 23.8 Å². The maximum Gasteiger partial charge on any atom is 0.339 e. The summed E-state index contributed by atoms with van der Waals surface area (Å²) in [6.07, 6.45) is 5.99. The molecule has 0 saturated carbocycles. The highest BCUT2D eigenvalue weighted by Gasteiger charge is 2.16. The Morgan fingerprint density at radius 3 is 2.35 bits per heavy atom. The van der Waals surface area contributed by atoms with Crippen molar-refractivity contribution in [2.45, 2.75) is 58.0 Å². The molecule has 1 rings (SSSR count). The quantitative estimate of drug-likeness (QED) is 0.480. The number of unbranched alkanes of at least 4 members (excludes halogenated alkanes) is 3. The minimum Gasteiger partial charge on any atom is -0.478 e. The lowest BCUT2D eigenvalue weighted by atomic mass is 10.1. The van der Waals surface area contributed by atoms with E-state index < -0.39 is 11.9 Å². The smallest absolute Gasteiger partial charge is 0.339 e. The summed E-state index contributed by atoms with van der Waals surface area (Å²) >= 11 is 0. The second-order valence-corrected chi connectivity index (χ2v) is 5.63. The van der Waals surface area contributed by atoms with Gasteiger partial charge in [-0.2, -0.15) is 0 Å². The number of carbonyl (C=O) groups excluding carboxylic acids is 1. The SMILES string of the molecule is CCCCC(O)CCCCCOC(=O)c1ccccc1C(=O)O. The van der Waals surface area contributed by atoms with Crippen LogP contribution < -0.4 is 0 Å². The third-order valence-electron chi connectivity index (χ3n) is 3.68. The number of hydrogen-bond donors (Lipinski definition) is 2. The predicted octanol–water partition coefficient (Wildman–Crippen LogP) is 3.65. The molecule has 5 nitrogen and oxygen atoms in total. The summed E-state index contributed by atoms with van der Waals surface area (Å²) in [5, 5.41) is 18.8. The zero-order valence-electron chi connectivity index (χ0n) is 13.7. The molecule has 23 heavy (non-hydrogen) atoms. The first-order valence-electron chi connectivity index (χ1n) is 8.23. The van der Waals surface area contributed by atoms with Gasteiger partial charge in [-0.15, -0.1) is 0 Å². The summed E-state index contributed by atoms with van der Waals surface area (Å²) in [4.78, 5) is 23.0. The van der Waals surface area contributed by atoms with Crippen molar-refractivity contribution in [2.75, 3.05) is 6.61 Å². The maximum atomic E-state index is 11.9. The largest absolute Gasteiger partial charge is 0.478 e. The van der Waals surface area contributed by atoms with E-state index in [1.54, 1.807) is 12.1 Å². The van der Waals surface area contributed by atoms with Crippen LogP contribution in [-0.4, -0.2) is 34.9 Å². The van der Waals surface area contributed by atoms with Crippen LogP contribution in [-0.2, 0) is 4.74 Å².